The van der Waals surface area contributed by atoms with Gasteiger partial charge in [0.1, 0.15) is 5.75 Å². The molecule has 2 heterocycles. The Bertz CT molecular complexity index is 733. The van der Waals surface area contributed by atoms with Gasteiger partial charge in [0, 0.05) is 31.3 Å². The van der Waals surface area contributed by atoms with Gasteiger partial charge < -0.3 is 15.0 Å². The summed E-state index contributed by atoms with van der Waals surface area (Å²) in [4.78, 5) is 30.2. The van der Waals surface area contributed by atoms with E-state index in [1.165, 1.54) is 0 Å². The zero-order valence-corrected chi connectivity index (χ0v) is 13.4. The summed E-state index contributed by atoms with van der Waals surface area (Å²) in [6.07, 6.45) is 3.45. The van der Waals surface area contributed by atoms with Crippen molar-refractivity contribution in [3.63, 3.8) is 0 Å². The Labute approximate surface area is 140 Å². The molecule has 1 atom stereocenters. The third-order valence-electron chi connectivity index (χ3n) is 4.07. The number of anilines is 1. The van der Waals surface area contributed by atoms with Gasteiger partial charge in [0.25, 0.3) is 0 Å². The van der Waals surface area contributed by atoms with Gasteiger partial charge in [-0.25, -0.2) is 0 Å². The average molecular weight is 325 g/mol. The molecule has 1 aromatic heterocycles. The maximum absolute atomic E-state index is 12.3. The summed E-state index contributed by atoms with van der Waals surface area (Å²) >= 11 is 0. The van der Waals surface area contributed by atoms with E-state index < -0.39 is 0 Å². The Morgan fingerprint density at radius 1 is 1.33 bits per heavy atom. The van der Waals surface area contributed by atoms with Crippen molar-refractivity contribution >= 4 is 17.5 Å². The zero-order chi connectivity index (χ0) is 16.9. The molecule has 0 bridgehead atoms. The van der Waals surface area contributed by atoms with Crippen molar-refractivity contribution in [1.29, 1.82) is 0 Å². The average Bonchev–Trinajstić information content (AvgIpc) is 2.97. The molecule has 1 aliphatic rings. The number of hydrogen-bond donors (Lipinski definition) is 1. The van der Waals surface area contributed by atoms with E-state index in [1.54, 1.807) is 36.5 Å². The van der Waals surface area contributed by atoms with E-state index >= 15 is 0 Å². The van der Waals surface area contributed by atoms with Gasteiger partial charge in [-0.15, -0.1) is 0 Å². The Morgan fingerprint density at radius 3 is 2.92 bits per heavy atom. The van der Waals surface area contributed by atoms with Crippen molar-refractivity contribution in [2.75, 3.05) is 19.0 Å². The maximum atomic E-state index is 12.3. The highest BCUT2D eigenvalue weighted by Gasteiger charge is 2.34. The van der Waals surface area contributed by atoms with E-state index in [2.05, 4.69) is 10.3 Å². The van der Waals surface area contributed by atoms with Gasteiger partial charge in [0.15, 0.2) is 0 Å². The molecule has 3 rings (SSSR count). The lowest BCUT2D eigenvalue weighted by Gasteiger charge is -2.18. The predicted octanol–water partition coefficient (Wildman–Crippen LogP) is 2.08. The smallest absolute Gasteiger partial charge is 0.229 e. The molecule has 6 heteroatoms. The molecule has 0 aliphatic carbocycles. The highest BCUT2D eigenvalue weighted by atomic mass is 16.5. The zero-order valence-electron chi connectivity index (χ0n) is 13.4. The van der Waals surface area contributed by atoms with Crippen molar-refractivity contribution in [1.82, 2.24) is 9.88 Å². The van der Waals surface area contributed by atoms with Crippen LogP contribution in [-0.2, 0) is 16.1 Å². The van der Waals surface area contributed by atoms with Crippen LogP contribution in [0.1, 0.15) is 12.0 Å². The number of carbonyl (C=O) groups excluding carboxylic acids is 2. The van der Waals surface area contributed by atoms with Crippen LogP contribution in [0.2, 0.25) is 0 Å². The number of para-hydroxylation sites is 1. The summed E-state index contributed by atoms with van der Waals surface area (Å²) in [6.45, 7) is 0.850. The Kier molecular flexibility index (Phi) is 4.74. The molecular weight excluding hydrogens is 306 g/mol. The number of pyridine rings is 1. The van der Waals surface area contributed by atoms with Crippen LogP contribution in [0.3, 0.4) is 0 Å². The lowest BCUT2D eigenvalue weighted by Crippen LogP contribution is -2.28. The van der Waals surface area contributed by atoms with E-state index in [-0.39, 0.29) is 24.2 Å². The van der Waals surface area contributed by atoms with E-state index in [0.29, 0.717) is 18.8 Å². The SMILES string of the molecule is COc1ccccc1CN1CC(C(=O)Nc2cccnc2)CC1=O. The number of aromatic nitrogens is 1. The summed E-state index contributed by atoms with van der Waals surface area (Å²) < 4.78 is 5.32. The molecule has 6 nitrogen and oxygen atoms in total. The molecule has 1 fully saturated rings. The van der Waals surface area contributed by atoms with E-state index in [1.807, 2.05) is 24.3 Å². The van der Waals surface area contributed by atoms with Crippen LogP contribution in [-0.4, -0.2) is 35.4 Å². The van der Waals surface area contributed by atoms with Gasteiger partial charge in [-0.2, -0.15) is 0 Å². The number of carbonyl (C=O) groups is 2. The second-order valence-electron chi connectivity index (χ2n) is 5.72. The van der Waals surface area contributed by atoms with Crippen LogP contribution >= 0.6 is 0 Å². The van der Waals surface area contributed by atoms with Crippen molar-refractivity contribution in [3.8, 4) is 5.75 Å². The molecule has 0 saturated carbocycles. The van der Waals surface area contributed by atoms with Crippen LogP contribution in [0, 0.1) is 5.92 Å². The first-order valence-corrected chi connectivity index (χ1v) is 7.78. The summed E-state index contributed by atoms with van der Waals surface area (Å²) in [7, 11) is 1.61. The number of nitrogens with zero attached hydrogens (tertiary/aromatic N) is 2. The van der Waals surface area contributed by atoms with E-state index in [4.69, 9.17) is 4.74 Å². The van der Waals surface area contributed by atoms with Crippen LogP contribution in [0.5, 0.6) is 5.75 Å². The molecule has 2 amide bonds. The highest BCUT2D eigenvalue weighted by Crippen LogP contribution is 2.25. The van der Waals surface area contributed by atoms with Crippen molar-refractivity contribution < 1.29 is 14.3 Å². The van der Waals surface area contributed by atoms with Gasteiger partial charge in [-0.1, -0.05) is 18.2 Å². The van der Waals surface area contributed by atoms with Gasteiger partial charge >= 0.3 is 0 Å². The standard InChI is InChI=1S/C18H19N3O3/c1-24-16-7-3-2-5-13(16)11-21-12-14(9-17(21)22)18(23)20-15-6-4-8-19-10-15/h2-8,10,14H,9,11-12H2,1H3,(H,20,23). The molecule has 0 radical (unpaired) electrons. The Morgan fingerprint density at radius 2 is 2.17 bits per heavy atom. The fraction of sp³-hybridized carbons (Fsp3) is 0.278. The van der Waals surface area contributed by atoms with Crippen LogP contribution < -0.4 is 10.1 Å². The number of methoxy groups -OCH3 is 1. The number of likely N-dealkylation sites (tertiary alicyclic amines) is 1. The second-order valence-corrected chi connectivity index (χ2v) is 5.72. The minimum Gasteiger partial charge on any atom is -0.496 e. The first-order chi connectivity index (χ1) is 11.7. The van der Waals surface area contributed by atoms with Crippen LogP contribution in [0.15, 0.2) is 48.8 Å². The first kappa shape index (κ1) is 16.0. The third kappa shape index (κ3) is 3.53. The fourth-order valence-corrected chi connectivity index (χ4v) is 2.82. The molecule has 124 valence electrons. The maximum Gasteiger partial charge on any atom is 0.229 e. The predicted molar refractivity (Wildman–Crippen MR) is 89.4 cm³/mol. The number of ether oxygens (including phenoxy) is 1. The van der Waals surface area contributed by atoms with Gasteiger partial charge in [-0.3, -0.25) is 14.6 Å². The number of nitrogens with one attached hydrogen (secondary N) is 1. The highest BCUT2D eigenvalue weighted by molar-refractivity contribution is 5.97. The van der Waals surface area contributed by atoms with E-state index in [9.17, 15) is 9.59 Å². The topological polar surface area (TPSA) is 71.5 Å². The minimum absolute atomic E-state index is 0.0211. The molecular formula is C18H19N3O3. The molecule has 1 unspecified atom stereocenters. The van der Waals surface area contributed by atoms with Crippen molar-refractivity contribution in [2.24, 2.45) is 5.92 Å². The lowest BCUT2D eigenvalue weighted by atomic mass is 10.1. The third-order valence-corrected chi connectivity index (χ3v) is 4.07. The lowest BCUT2D eigenvalue weighted by molar-refractivity contribution is -0.128. The number of hydrogen-bond acceptors (Lipinski definition) is 4. The largest absolute Gasteiger partial charge is 0.496 e. The van der Waals surface area contributed by atoms with Gasteiger partial charge in [-0.05, 0) is 18.2 Å². The second kappa shape index (κ2) is 7.12. The normalized spacial score (nSPS) is 17.0. The fourth-order valence-electron chi connectivity index (χ4n) is 2.82. The minimum atomic E-state index is -0.354. The number of amides is 2. The molecule has 1 N–H and O–H groups in total. The number of rotatable bonds is 5. The molecule has 0 spiro atoms. The summed E-state index contributed by atoms with van der Waals surface area (Å²) in [6, 6.07) is 11.1. The van der Waals surface area contributed by atoms with E-state index in [0.717, 1.165) is 11.3 Å². The summed E-state index contributed by atoms with van der Waals surface area (Å²) in [5.41, 5.74) is 1.57. The van der Waals surface area contributed by atoms with Crippen molar-refractivity contribution in [2.45, 2.75) is 13.0 Å². The monoisotopic (exact) mass is 325 g/mol. The summed E-state index contributed by atoms with van der Waals surface area (Å²) in [5.74, 6) is 0.215. The quantitative estimate of drug-likeness (QED) is 0.913. The van der Waals surface area contributed by atoms with Gasteiger partial charge in [0.05, 0.1) is 24.9 Å². The summed E-state index contributed by atoms with van der Waals surface area (Å²) in [5, 5.41) is 2.81. The Hall–Kier alpha value is -2.89. The van der Waals surface area contributed by atoms with Gasteiger partial charge in [0.2, 0.25) is 11.8 Å². The Balaban J connectivity index is 1.64. The molecule has 1 saturated heterocycles. The van der Waals surface area contributed by atoms with Crippen LogP contribution in [0.4, 0.5) is 5.69 Å². The molecule has 2 aromatic rings. The van der Waals surface area contributed by atoms with Crippen molar-refractivity contribution in [3.05, 3.63) is 54.4 Å². The molecule has 24 heavy (non-hydrogen) atoms. The first-order valence-electron chi connectivity index (χ1n) is 7.78. The molecule has 1 aromatic carbocycles. The molecule has 1 aliphatic heterocycles. The number of benzene rings is 1. The van der Waals surface area contributed by atoms with Crippen LogP contribution in [0.25, 0.3) is 0 Å².